The predicted molar refractivity (Wildman–Crippen MR) is 137 cm³/mol. The van der Waals surface area contributed by atoms with Gasteiger partial charge in [-0.3, -0.25) is 9.69 Å². The van der Waals surface area contributed by atoms with Crippen LogP contribution in [0.15, 0.2) is 36.4 Å². The van der Waals surface area contributed by atoms with Gasteiger partial charge in [0, 0.05) is 18.0 Å². The molecule has 1 saturated heterocycles. The highest BCUT2D eigenvalue weighted by Crippen LogP contribution is 2.40. The lowest BCUT2D eigenvalue weighted by molar-refractivity contribution is -0.114. The Morgan fingerprint density at radius 3 is 2.32 bits per heavy atom. The third-order valence-corrected chi connectivity index (χ3v) is 8.36. The summed E-state index contributed by atoms with van der Waals surface area (Å²) >= 11 is 1.97. The molecule has 1 heterocycles. The quantitative estimate of drug-likeness (QED) is 0.306. The van der Waals surface area contributed by atoms with Crippen molar-refractivity contribution in [3.8, 4) is 5.75 Å². The maximum absolute atomic E-state index is 11.7. The Morgan fingerprint density at radius 2 is 1.68 bits per heavy atom. The van der Waals surface area contributed by atoms with Crippen molar-refractivity contribution in [1.82, 2.24) is 4.90 Å². The molecule has 1 aliphatic heterocycles. The molecule has 0 atom stereocenters. The van der Waals surface area contributed by atoms with Gasteiger partial charge in [-0.1, -0.05) is 51.1 Å². The molecular formula is C27H36INO2. The standard InChI is InChI=1S/C27H36INO2/c1-27(2,3)21-9-11-22(12-10-21)31-25-13-8-19-6-4-5-7-23(19)24(25)18-29-16-14-20(15-17-29)26(28)30/h4-8,13,20-22H,9-12,14-18H2,1-3H3/t21-,22-. The van der Waals surface area contributed by atoms with Gasteiger partial charge in [-0.05, 0) is 102 Å². The fourth-order valence-electron chi connectivity index (χ4n) is 5.36. The van der Waals surface area contributed by atoms with Crippen LogP contribution in [0.3, 0.4) is 0 Å². The number of piperidine rings is 1. The monoisotopic (exact) mass is 533 g/mol. The number of carbonyl (C=O) groups excluding carboxylic acids is 1. The van der Waals surface area contributed by atoms with Gasteiger partial charge in [0.1, 0.15) is 5.75 Å². The van der Waals surface area contributed by atoms with Crippen LogP contribution < -0.4 is 4.74 Å². The van der Waals surface area contributed by atoms with Crippen LogP contribution in [-0.4, -0.2) is 27.9 Å². The number of nitrogens with zero attached hydrogens (tertiary/aromatic N) is 1. The van der Waals surface area contributed by atoms with Crippen LogP contribution in [0.1, 0.15) is 64.9 Å². The molecule has 0 aromatic heterocycles. The molecule has 4 rings (SSSR count). The minimum Gasteiger partial charge on any atom is -0.490 e. The Bertz CT molecular complexity index is 903. The normalized spacial score (nSPS) is 23.7. The van der Waals surface area contributed by atoms with Gasteiger partial charge >= 0.3 is 0 Å². The van der Waals surface area contributed by atoms with E-state index in [4.69, 9.17) is 4.74 Å². The summed E-state index contributed by atoms with van der Waals surface area (Å²) < 4.78 is 6.99. The lowest BCUT2D eigenvalue weighted by Crippen LogP contribution is -2.35. The van der Waals surface area contributed by atoms with Crippen molar-refractivity contribution < 1.29 is 9.53 Å². The average molecular weight is 533 g/mol. The fourth-order valence-corrected chi connectivity index (χ4v) is 5.98. The van der Waals surface area contributed by atoms with Crippen molar-refractivity contribution in [1.29, 1.82) is 0 Å². The number of rotatable bonds is 5. The molecule has 3 nitrogen and oxygen atoms in total. The highest BCUT2D eigenvalue weighted by atomic mass is 127. The summed E-state index contributed by atoms with van der Waals surface area (Å²) in [6.07, 6.45) is 7.08. The Kier molecular flexibility index (Phi) is 7.27. The lowest BCUT2D eigenvalue weighted by atomic mass is 9.72. The molecule has 2 aliphatic rings. The van der Waals surface area contributed by atoms with Crippen LogP contribution in [0, 0.1) is 17.3 Å². The molecule has 2 aromatic carbocycles. The fraction of sp³-hybridized carbons (Fsp3) is 0.593. The van der Waals surface area contributed by atoms with E-state index >= 15 is 0 Å². The maximum Gasteiger partial charge on any atom is 0.195 e. The van der Waals surface area contributed by atoms with Crippen molar-refractivity contribution >= 4 is 37.2 Å². The first-order valence-electron chi connectivity index (χ1n) is 11.9. The van der Waals surface area contributed by atoms with Crippen molar-refractivity contribution in [2.45, 2.75) is 71.9 Å². The van der Waals surface area contributed by atoms with Gasteiger partial charge in [0.2, 0.25) is 0 Å². The molecule has 0 radical (unpaired) electrons. The summed E-state index contributed by atoms with van der Waals surface area (Å²) in [5.41, 5.74) is 1.71. The van der Waals surface area contributed by atoms with Gasteiger partial charge in [-0.25, -0.2) is 0 Å². The third-order valence-electron chi connectivity index (χ3n) is 7.48. The third kappa shape index (κ3) is 5.62. The Hall–Kier alpha value is -1.14. The van der Waals surface area contributed by atoms with Gasteiger partial charge in [0.25, 0.3) is 0 Å². The molecule has 0 N–H and O–H groups in total. The molecule has 2 aromatic rings. The minimum absolute atomic E-state index is 0.234. The molecule has 31 heavy (non-hydrogen) atoms. The van der Waals surface area contributed by atoms with E-state index in [2.05, 4.69) is 62.1 Å². The molecule has 1 aliphatic carbocycles. The molecule has 0 amide bonds. The summed E-state index contributed by atoms with van der Waals surface area (Å²) in [6, 6.07) is 13.1. The van der Waals surface area contributed by atoms with Crippen LogP contribution in [-0.2, 0) is 11.3 Å². The van der Waals surface area contributed by atoms with Crippen LogP contribution in [0.5, 0.6) is 5.75 Å². The summed E-state index contributed by atoms with van der Waals surface area (Å²) in [4.78, 5) is 14.2. The van der Waals surface area contributed by atoms with E-state index in [0.717, 1.165) is 57.0 Å². The number of hydrogen-bond donors (Lipinski definition) is 0. The van der Waals surface area contributed by atoms with Crippen molar-refractivity contribution in [3.63, 3.8) is 0 Å². The number of ether oxygens (including phenoxy) is 1. The van der Waals surface area contributed by atoms with E-state index in [0.29, 0.717) is 15.3 Å². The van der Waals surface area contributed by atoms with Gasteiger partial charge in [-0.2, -0.15) is 0 Å². The van der Waals surface area contributed by atoms with Crippen LogP contribution >= 0.6 is 22.6 Å². The van der Waals surface area contributed by atoms with Gasteiger partial charge in [0.05, 0.1) is 6.10 Å². The van der Waals surface area contributed by atoms with E-state index in [1.54, 1.807) is 0 Å². The molecular weight excluding hydrogens is 497 g/mol. The number of carbonyl (C=O) groups is 1. The molecule has 0 unspecified atom stereocenters. The molecule has 168 valence electrons. The second-order valence-electron chi connectivity index (χ2n) is 10.6. The summed E-state index contributed by atoms with van der Waals surface area (Å²) in [5.74, 6) is 2.09. The van der Waals surface area contributed by atoms with Crippen LogP contribution in [0.4, 0.5) is 0 Å². The van der Waals surface area contributed by atoms with E-state index in [1.807, 2.05) is 22.6 Å². The second kappa shape index (κ2) is 9.78. The smallest absolute Gasteiger partial charge is 0.195 e. The van der Waals surface area contributed by atoms with E-state index in [-0.39, 0.29) is 5.92 Å². The SMILES string of the molecule is CC(C)(C)[C@H]1CC[C@H](Oc2ccc3ccccc3c2CN2CCC(C(=O)I)CC2)CC1. The first-order valence-corrected chi connectivity index (χ1v) is 13.0. The second-order valence-corrected chi connectivity index (χ2v) is 11.6. The van der Waals surface area contributed by atoms with E-state index in [9.17, 15) is 4.79 Å². The highest BCUT2D eigenvalue weighted by Gasteiger charge is 2.31. The zero-order valence-corrected chi connectivity index (χ0v) is 21.4. The average Bonchev–Trinajstić information content (AvgIpc) is 2.75. The number of fused-ring (bicyclic) bond motifs is 1. The Morgan fingerprint density at radius 1 is 1.00 bits per heavy atom. The number of benzene rings is 2. The lowest BCUT2D eigenvalue weighted by Gasteiger charge is -2.37. The number of halogens is 1. The maximum atomic E-state index is 11.7. The van der Waals surface area contributed by atoms with E-state index in [1.165, 1.54) is 29.2 Å². The van der Waals surface area contributed by atoms with Crippen LogP contribution in [0.2, 0.25) is 0 Å². The first kappa shape index (κ1) is 23.0. The molecule has 4 heteroatoms. The largest absolute Gasteiger partial charge is 0.490 e. The van der Waals surface area contributed by atoms with Crippen molar-refractivity contribution in [2.75, 3.05) is 13.1 Å². The zero-order chi connectivity index (χ0) is 22.0. The van der Waals surface area contributed by atoms with Gasteiger partial charge in [-0.15, -0.1) is 0 Å². The topological polar surface area (TPSA) is 29.5 Å². The number of hydrogen-bond acceptors (Lipinski definition) is 3. The highest BCUT2D eigenvalue weighted by molar-refractivity contribution is 14.1. The Balaban J connectivity index is 1.51. The van der Waals surface area contributed by atoms with Gasteiger partial charge in [0.15, 0.2) is 3.79 Å². The van der Waals surface area contributed by atoms with Crippen molar-refractivity contribution in [2.24, 2.45) is 17.3 Å². The molecule has 1 saturated carbocycles. The molecule has 0 bridgehead atoms. The zero-order valence-electron chi connectivity index (χ0n) is 19.2. The van der Waals surface area contributed by atoms with Gasteiger partial charge < -0.3 is 4.74 Å². The number of likely N-dealkylation sites (tertiary alicyclic amines) is 1. The van der Waals surface area contributed by atoms with E-state index < -0.39 is 0 Å². The van der Waals surface area contributed by atoms with Crippen molar-refractivity contribution in [3.05, 3.63) is 42.0 Å². The van der Waals surface area contributed by atoms with Crippen LogP contribution in [0.25, 0.3) is 10.8 Å². The minimum atomic E-state index is 0.234. The molecule has 0 spiro atoms. The summed E-state index contributed by atoms with van der Waals surface area (Å²) in [7, 11) is 0. The Labute approximate surface area is 201 Å². The molecule has 2 fully saturated rings. The summed E-state index contributed by atoms with van der Waals surface area (Å²) in [6.45, 7) is 9.98. The summed E-state index contributed by atoms with van der Waals surface area (Å²) in [5, 5.41) is 2.58. The first-order chi connectivity index (χ1) is 14.8. The predicted octanol–water partition coefficient (Wildman–Crippen LogP) is 7.00.